The molecular formula is C15H15SnZr. The summed E-state index contributed by atoms with van der Waals surface area (Å²) < 4.78 is 0.773. The molecule has 2 aromatic rings. The van der Waals surface area contributed by atoms with Crippen molar-refractivity contribution in [2.24, 2.45) is 0 Å². The predicted molar refractivity (Wildman–Crippen MR) is 71.2 cm³/mol. The number of hydrogen-bond donors (Lipinski definition) is 0. The topological polar surface area (TPSA) is 0 Å². The Labute approximate surface area is 129 Å². The van der Waals surface area contributed by atoms with E-state index < -0.39 is 19.8 Å². The van der Waals surface area contributed by atoms with Gasteiger partial charge in [-0.15, -0.1) is 0 Å². The average Bonchev–Trinajstić information content (AvgIpc) is 2.63. The van der Waals surface area contributed by atoms with Gasteiger partial charge in [0.05, 0.1) is 0 Å². The van der Waals surface area contributed by atoms with Gasteiger partial charge in [-0.05, 0) is 0 Å². The van der Waals surface area contributed by atoms with Crippen LogP contribution in [0, 0.1) is 0 Å². The molecule has 17 heavy (non-hydrogen) atoms. The molecule has 0 unspecified atom stereocenters. The fourth-order valence-corrected chi connectivity index (χ4v) is 7.77. The van der Waals surface area contributed by atoms with Crippen LogP contribution in [-0.2, 0) is 26.2 Å². The van der Waals surface area contributed by atoms with Crippen LogP contribution in [0.5, 0.6) is 0 Å². The molecule has 0 nitrogen and oxygen atoms in total. The molecule has 0 bridgehead atoms. The first-order valence-electron chi connectivity index (χ1n) is 5.77. The van der Waals surface area contributed by atoms with Crippen LogP contribution < -0.4 is 0 Å². The molecule has 0 aliphatic heterocycles. The maximum Gasteiger partial charge on any atom is 0 e. The third kappa shape index (κ3) is 2.21. The molecule has 1 aliphatic carbocycles. The van der Waals surface area contributed by atoms with Gasteiger partial charge in [-0.3, -0.25) is 0 Å². The van der Waals surface area contributed by atoms with Crippen LogP contribution in [0.2, 0.25) is 9.88 Å². The maximum absolute atomic E-state index is 2.51. The summed E-state index contributed by atoms with van der Waals surface area (Å²) in [6.07, 6.45) is 0. The monoisotopic (exact) mass is 405 g/mol. The summed E-state index contributed by atoms with van der Waals surface area (Å²) in [5.74, 6) is 0. The van der Waals surface area contributed by atoms with Crippen molar-refractivity contribution in [3.05, 3.63) is 59.7 Å². The van der Waals surface area contributed by atoms with Crippen LogP contribution in [0.3, 0.4) is 0 Å². The summed E-state index contributed by atoms with van der Waals surface area (Å²) in [4.78, 5) is 5.01. The van der Waals surface area contributed by atoms with Crippen LogP contribution in [0.15, 0.2) is 48.5 Å². The largest absolute Gasteiger partial charge is 0 e. The van der Waals surface area contributed by atoms with E-state index in [4.69, 9.17) is 0 Å². The first-order chi connectivity index (χ1) is 7.79. The molecule has 0 aromatic heterocycles. The predicted octanol–water partition coefficient (Wildman–Crippen LogP) is 4.09. The Hall–Kier alpha value is 0.122. The first-order valence-corrected chi connectivity index (χ1v) is 13.1. The third-order valence-corrected chi connectivity index (χ3v) is 8.48. The quantitative estimate of drug-likeness (QED) is 0.628. The molecule has 3 rings (SSSR count). The number of fused-ring (bicyclic) bond motifs is 3. The Morgan fingerprint density at radius 3 is 1.59 bits per heavy atom. The second-order valence-corrected chi connectivity index (χ2v) is 12.5. The minimum Gasteiger partial charge on any atom is 0 e. The van der Waals surface area contributed by atoms with Gasteiger partial charge >= 0.3 is 104 Å². The van der Waals surface area contributed by atoms with Crippen LogP contribution in [0.4, 0.5) is 0 Å². The molecule has 2 heteroatoms. The minimum atomic E-state index is -1.26. The second kappa shape index (κ2) is 5.40. The Bertz CT molecular complexity index is 488. The molecule has 0 amide bonds. The molecule has 83 valence electrons. The molecule has 0 atom stereocenters. The van der Waals surface area contributed by atoms with E-state index in [0.29, 0.717) is 0 Å². The molecule has 2 aromatic carbocycles. The summed E-state index contributed by atoms with van der Waals surface area (Å²) in [6, 6.07) is 17.9. The fourth-order valence-electron chi connectivity index (χ4n) is 2.78. The first kappa shape index (κ1) is 13.6. The Kier molecular flexibility index (Phi) is 4.31. The van der Waals surface area contributed by atoms with E-state index in [1.807, 2.05) is 0 Å². The van der Waals surface area contributed by atoms with Gasteiger partial charge in [0, 0.05) is 26.2 Å². The van der Waals surface area contributed by atoms with Crippen LogP contribution in [-0.4, -0.2) is 19.8 Å². The van der Waals surface area contributed by atoms with Gasteiger partial charge in [0.1, 0.15) is 0 Å². The SMILES string of the molecule is [CH3][Sn]([CH3])[CH]1c2ccccc2-c2ccccc21.[Zr]. The standard InChI is InChI=1S/C13H9.2CH3.Sn.Zr/c1-3-7-12-10(5-1)9-11-6-2-4-8-13(11)12;;;;/h1-9H;2*1H3;;. The smallest absolute Gasteiger partial charge is 0 e. The molecule has 1 aliphatic rings. The Morgan fingerprint density at radius 2 is 1.18 bits per heavy atom. The average molecular weight is 405 g/mol. The Morgan fingerprint density at radius 1 is 0.765 bits per heavy atom. The summed E-state index contributed by atoms with van der Waals surface area (Å²) in [5, 5.41) is 0. The molecule has 0 saturated heterocycles. The third-order valence-electron chi connectivity index (χ3n) is 3.41. The summed E-state index contributed by atoms with van der Waals surface area (Å²) in [7, 11) is 0. The van der Waals surface area contributed by atoms with E-state index in [2.05, 4.69) is 58.4 Å². The molecule has 0 heterocycles. The van der Waals surface area contributed by atoms with Crippen molar-refractivity contribution in [3.63, 3.8) is 0 Å². The van der Waals surface area contributed by atoms with E-state index in [1.165, 1.54) is 11.1 Å². The summed E-state index contributed by atoms with van der Waals surface area (Å²) in [6.45, 7) is 0. The molecule has 0 saturated carbocycles. The summed E-state index contributed by atoms with van der Waals surface area (Å²) >= 11 is -1.26. The van der Waals surface area contributed by atoms with Gasteiger partial charge in [-0.25, -0.2) is 0 Å². The normalized spacial score (nSPS) is 13.1. The minimum absolute atomic E-state index is 0. The maximum atomic E-state index is 2.51. The number of hydrogen-bond acceptors (Lipinski definition) is 0. The van der Waals surface area contributed by atoms with Gasteiger partial charge in [-0.2, -0.15) is 0 Å². The molecule has 0 N–H and O–H groups in total. The van der Waals surface area contributed by atoms with Crippen molar-refractivity contribution >= 4 is 19.8 Å². The van der Waals surface area contributed by atoms with E-state index >= 15 is 0 Å². The van der Waals surface area contributed by atoms with Gasteiger partial charge in [0.2, 0.25) is 0 Å². The van der Waals surface area contributed by atoms with Crippen molar-refractivity contribution < 1.29 is 26.2 Å². The van der Waals surface area contributed by atoms with Crippen LogP contribution in [0.1, 0.15) is 15.1 Å². The van der Waals surface area contributed by atoms with Gasteiger partial charge < -0.3 is 0 Å². The molecular weight excluding hydrogens is 390 g/mol. The van der Waals surface area contributed by atoms with Crippen molar-refractivity contribution in [2.75, 3.05) is 0 Å². The zero-order valence-corrected chi connectivity index (χ0v) is 15.5. The number of benzene rings is 2. The van der Waals surface area contributed by atoms with Gasteiger partial charge in [0.25, 0.3) is 0 Å². The zero-order chi connectivity index (χ0) is 11.1. The van der Waals surface area contributed by atoms with Crippen molar-refractivity contribution in [1.29, 1.82) is 0 Å². The van der Waals surface area contributed by atoms with Crippen LogP contribution in [0.25, 0.3) is 11.1 Å². The van der Waals surface area contributed by atoms with E-state index in [0.717, 1.165) is 3.93 Å². The van der Waals surface area contributed by atoms with Crippen LogP contribution >= 0.6 is 0 Å². The zero-order valence-electron chi connectivity index (χ0n) is 10.2. The van der Waals surface area contributed by atoms with Crippen molar-refractivity contribution in [1.82, 2.24) is 0 Å². The van der Waals surface area contributed by atoms with E-state index in [1.54, 1.807) is 11.1 Å². The summed E-state index contributed by atoms with van der Waals surface area (Å²) in [5.41, 5.74) is 6.13. The van der Waals surface area contributed by atoms with Crippen molar-refractivity contribution in [2.45, 2.75) is 13.8 Å². The van der Waals surface area contributed by atoms with Crippen molar-refractivity contribution in [3.8, 4) is 11.1 Å². The van der Waals surface area contributed by atoms with E-state index in [9.17, 15) is 0 Å². The molecule has 1 radical (unpaired) electrons. The molecule has 0 spiro atoms. The second-order valence-electron chi connectivity index (χ2n) is 4.68. The fraction of sp³-hybridized carbons (Fsp3) is 0.200. The Balaban J connectivity index is 0.00000108. The van der Waals surface area contributed by atoms with E-state index in [-0.39, 0.29) is 26.2 Å². The molecule has 0 fully saturated rings. The van der Waals surface area contributed by atoms with Gasteiger partial charge in [-0.1, -0.05) is 0 Å². The van der Waals surface area contributed by atoms with Gasteiger partial charge in [0.15, 0.2) is 0 Å². The number of rotatable bonds is 1.